The van der Waals surface area contributed by atoms with E-state index < -0.39 is 0 Å². The summed E-state index contributed by atoms with van der Waals surface area (Å²) in [5, 5.41) is 12.6. The summed E-state index contributed by atoms with van der Waals surface area (Å²) in [6.45, 7) is 2.08. The quantitative estimate of drug-likeness (QED) is 0.864. The molecule has 0 radical (unpaired) electrons. The molecule has 0 aliphatic carbocycles. The van der Waals surface area contributed by atoms with Gasteiger partial charge >= 0.3 is 0 Å². The summed E-state index contributed by atoms with van der Waals surface area (Å²) in [5.41, 5.74) is 1.52. The highest BCUT2D eigenvalue weighted by molar-refractivity contribution is 6.32. The third-order valence-electron chi connectivity index (χ3n) is 3.29. The molecule has 0 aliphatic rings. The molecule has 0 fully saturated rings. The van der Waals surface area contributed by atoms with Gasteiger partial charge in [0.05, 0.1) is 11.1 Å². The molecule has 0 saturated carbocycles. The van der Waals surface area contributed by atoms with Crippen LogP contribution in [0, 0.1) is 0 Å². The van der Waals surface area contributed by atoms with Crippen molar-refractivity contribution in [3.8, 4) is 5.75 Å². The van der Waals surface area contributed by atoms with Crippen molar-refractivity contribution in [2.24, 2.45) is 0 Å². The smallest absolute Gasteiger partial charge is 0.251 e. The molecule has 0 aliphatic heterocycles. The zero-order chi connectivity index (χ0) is 15.2. The van der Waals surface area contributed by atoms with Crippen LogP contribution in [0.4, 0.5) is 0 Å². The zero-order valence-corrected chi connectivity index (χ0v) is 12.6. The van der Waals surface area contributed by atoms with Gasteiger partial charge in [0.2, 0.25) is 0 Å². The Kier molecular flexibility index (Phi) is 5.23. The second kappa shape index (κ2) is 7.14. The van der Waals surface area contributed by atoms with Crippen molar-refractivity contribution in [3.63, 3.8) is 0 Å². The van der Waals surface area contributed by atoms with E-state index in [2.05, 4.69) is 12.2 Å². The summed E-state index contributed by atoms with van der Waals surface area (Å²) < 4.78 is 0. The molecule has 0 heterocycles. The van der Waals surface area contributed by atoms with Crippen molar-refractivity contribution >= 4 is 17.5 Å². The van der Waals surface area contributed by atoms with Crippen molar-refractivity contribution in [3.05, 3.63) is 64.7 Å². The molecular formula is C17H18ClNO2. The van der Waals surface area contributed by atoms with E-state index in [9.17, 15) is 9.90 Å². The van der Waals surface area contributed by atoms with Crippen molar-refractivity contribution in [1.29, 1.82) is 0 Å². The SMILES string of the molecule is CCC[C@@H](NC(=O)c1ccc(O)c(Cl)c1)c1ccccc1. The molecule has 1 atom stereocenters. The van der Waals surface area contributed by atoms with Crippen molar-refractivity contribution in [2.45, 2.75) is 25.8 Å². The molecule has 4 heteroatoms. The van der Waals surface area contributed by atoms with Crippen LogP contribution in [0.15, 0.2) is 48.5 Å². The van der Waals surface area contributed by atoms with Crippen LogP contribution in [0.1, 0.15) is 41.7 Å². The maximum absolute atomic E-state index is 12.3. The molecule has 0 saturated heterocycles. The van der Waals surface area contributed by atoms with Gasteiger partial charge < -0.3 is 10.4 Å². The number of carbonyl (C=O) groups is 1. The highest BCUT2D eigenvalue weighted by Crippen LogP contribution is 2.24. The first-order valence-corrected chi connectivity index (χ1v) is 7.34. The lowest BCUT2D eigenvalue weighted by molar-refractivity contribution is 0.0934. The van der Waals surface area contributed by atoms with E-state index in [1.54, 1.807) is 6.07 Å². The molecule has 3 nitrogen and oxygen atoms in total. The second-order valence-corrected chi connectivity index (χ2v) is 5.30. The summed E-state index contributed by atoms with van der Waals surface area (Å²) in [6.07, 6.45) is 1.83. The standard InChI is InChI=1S/C17H18ClNO2/c1-2-6-15(12-7-4-3-5-8-12)19-17(21)13-9-10-16(20)14(18)11-13/h3-5,7-11,15,20H,2,6H2,1H3,(H,19,21)/t15-/m1/s1. The first-order valence-electron chi connectivity index (χ1n) is 6.96. The van der Waals surface area contributed by atoms with Gasteiger partial charge in [0.25, 0.3) is 5.91 Å². The molecule has 2 N–H and O–H groups in total. The fourth-order valence-corrected chi connectivity index (χ4v) is 2.37. The van der Waals surface area contributed by atoms with E-state index >= 15 is 0 Å². The Bertz CT molecular complexity index is 613. The van der Waals surface area contributed by atoms with Gasteiger partial charge in [0.1, 0.15) is 5.75 Å². The fraction of sp³-hybridized carbons (Fsp3) is 0.235. The van der Waals surface area contributed by atoms with Crippen LogP contribution in [-0.4, -0.2) is 11.0 Å². The Morgan fingerprint density at radius 2 is 1.95 bits per heavy atom. The van der Waals surface area contributed by atoms with Gasteiger partial charge in [-0.05, 0) is 30.2 Å². The Morgan fingerprint density at radius 3 is 2.57 bits per heavy atom. The second-order valence-electron chi connectivity index (χ2n) is 4.89. The number of aromatic hydroxyl groups is 1. The van der Waals surface area contributed by atoms with Gasteiger partial charge in [0, 0.05) is 5.56 Å². The zero-order valence-electron chi connectivity index (χ0n) is 11.8. The number of carbonyl (C=O) groups excluding carboxylic acids is 1. The van der Waals surface area contributed by atoms with E-state index in [0.717, 1.165) is 18.4 Å². The molecule has 2 aromatic rings. The van der Waals surface area contributed by atoms with E-state index in [1.165, 1.54) is 12.1 Å². The van der Waals surface area contributed by atoms with Crippen LogP contribution in [0.3, 0.4) is 0 Å². The van der Waals surface area contributed by atoms with Crippen LogP contribution in [0.5, 0.6) is 5.75 Å². The topological polar surface area (TPSA) is 49.3 Å². The van der Waals surface area contributed by atoms with E-state index in [0.29, 0.717) is 5.56 Å². The number of nitrogens with one attached hydrogen (secondary N) is 1. The third kappa shape index (κ3) is 3.99. The minimum atomic E-state index is -0.195. The molecule has 2 aromatic carbocycles. The highest BCUT2D eigenvalue weighted by Gasteiger charge is 2.15. The molecule has 0 spiro atoms. The number of amides is 1. The van der Waals surface area contributed by atoms with Crippen molar-refractivity contribution < 1.29 is 9.90 Å². The lowest BCUT2D eigenvalue weighted by Crippen LogP contribution is -2.28. The normalized spacial score (nSPS) is 11.9. The Morgan fingerprint density at radius 1 is 1.24 bits per heavy atom. The fourth-order valence-electron chi connectivity index (χ4n) is 2.19. The number of rotatable bonds is 5. The van der Waals surface area contributed by atoms with Crippen LogP contribution in [-0.2, 0) is 0 Å². The van der Waals surface area contributed by atoms with Crippen molar-refractivity contribution in [2.75, 3.05) is 0 Å². The van der Waals surface area contributed by atoms with Gasteiger partial charge in [0.15, 0.2) is 0 Å². The van der Waals surface area contributed by atoms with Gasteiger partial charge in [-0.25, -0.2) is 0 Å². The maximum Gasteiger partial charge on any atom is 0.251 e. The predicted molar refractivity (Wildman–Crippen MR) is 84.7 cm³/mol. The monoisotopic (exact) mass is 303 g/mol. The van der Waals surface area contributed by atoms with Crippen LogP contribution < -0.4 is 5.32 Å². The number of phenols is 1. The lowest BCUT2D eigenvalue weighted by atomic mass is 10.0. The highest BCUT2D eigenvalue weighted by atomic mass is 35.5. The van der Waals surface area contributed by atoms with Gasteiger partial charge in [-0.3, -0.25) is 4.79 Å². The molecular weight excluding hydrogens is 286 g/mol. The lowest BCUT2D eigenvalue weighted by Gasteiger charge is -2.18. The Labute approximate surface area is 129 Å². The molecule has 0 unspecified atom stereocenters. The minimum absolute atomic E-state index is 0.0265. The van der Waals surface area contributed by atoms with E-state index in [4.69, 9.17) is 11.6 Å². The summed E-state index contributed by atoms with van der Waals surface area (Å²) in [4.78, 5) is 12.3. The summed E-state index contributed by atoms with van der Waals surface area (Å²) in [7, 11) is 0. The number of halogens is 1. The summed E-state index contributed by atoms with van der Waals surface area (Å²) in [6, 6.07) is 14.3. The first-order chi connectivity index (χ1) is 10.1. The van der Waals surface area contributed by atoms with Gasteiger partial charge in [-0.15, -0.1) is 0 Å². The summed E-state index contributed by atoms with van der Waals surface area (Å²) >= 11 is 5.84. The Balaban J connectivity index is 2.16. The van der Waals surface area contributed by atoms with Gasteiger partial charge in [-0.2, -0.15) is 0 Å². The average molecular weight is 304 g/mol. The van der Waals surface area contributed by atoms with E-state index in [-0.39, 0.29) is 22.7 Å². The average Bonchev–Trinajstić information content (AvgIpc) is 2.50. The molecule has 0 aromatic heterocycles. The largest absolute Gasteiger partial charge is 0.506 e. The minimum Gasteiger partial charge on any atom is -0.506 e. The van der Waals surface area contributed by atoms with Crippen LogP contribution >= 0.6 is 11.6 Å². The van der Waals surface area contributed by atoms with Crippen LogP contribution in [0.25, 0.3) is 0 Å². The number of phenolic OH excluding ortho intramolecular Hbond substituents is 1. The number of hydrogen-bond donors (Lipinski definition) is 2. The molecule has 110 valence electrons. The third-order valence-corrected chi connectivity index (χ3v) is 3.60. The summed E-state index contributed by atoms with van der Waals surface area (Å²) in [5.74, 6) is -0.222. The van der Waals surface area contributed by atoms with Crippen molar-refractivity contribution in [1.82, 2.24) is 5.32 Å². The number of benzene rings is 2. The van der Waals surface area contributed by atoms with E-state index in [1.807, 2.05) is 30.3 Å². The van der Waals surface area contributed by atoms with Gasteiger partial charge in [-0.1, -0.05) is 55.3 Å². The molecule has 0 bridgehead atoms. The molecule has 21 heavy (non-hydrogen) atoms. The Hall–Kier alpha value is -2.00. The molecule has 1 amide bonds. The maximum atomic E-state index is 12.3. The predicted octanol–water partition coefficient (Wildman–Crippen LogP) is 4.32. The van der Waals surface area contributed by atoms with Crippen LogP contribution in [0.2, 0.25) is 5.02 Å². The number of hydrogen-bond acceptors (Lipinski definition) is 2. The molecule has 2 rings (SSSR count). The first kappa shape index (κ1) is 15.4.